The molecule has 124 valence electrons. The second-order valence-corrected chi connectivity index (χ2v) is 5.37. The molecule has 2 aromatic heterocycles. The molecule has 0 aliphatic carbocycles. The Balaban J connectivity index is 2.05. The molecule has 9 nitrogen and oxygen atoms in total. The molecule has 0 bridgehead atoms. The topological polar surface area (TPSA) is 108 Å². The van der Waals surface area contributed by atoms with Crippen LogP contribution in [-0.4, -0.2) is 30.4 Å². The lowest BCUT2D eigenvalue weighted by atomic mass is 10.3. The summed E-state index contributed by atoms with van der Waals surface area (Å²) in [5.74, 6) is -0.314. The van der Waals surface area contributed by atoms with Crippen LogP contribution in [0.5, 0.6) is 0 Å². The van der Waals surface area contributed by atoms with E-state index in [1.807, 2.05) is 6.92 Å². The molecule has 0 spiro atoms. The highest BCUT2D eigenvalue weighted by Gasteiger charge is 2.22. The molecule has 0 radical (unpaired) electrons. The van der Waals surface area contributed by atoms with Crippen LogP contribution in [0.2, 0.25) is 5.02 Å². The van der Waals surface area contributed by atoms with Gasteiger partial charge in [0.2, 0.25) is 5.91 Å². The molecule has 0 aliphatic heterocycles. The van der Waals surface area contributed by atoms with Crippen molar-refractivity contribution in [3.8, 4) is 0 Å². The van der Waals surface area contributed by atoms with Crippen LogP contribution in [-0.2, 0) is 24.4 Å². The Morgan fingerprint density at radius 3 is 2.70 bits per heavy atom. The van der Waals surface area contributed by atoms with E-state index in [-0.39, 0.29) is 30.4 Å². The Labute approximate surface area is 137 Å². The van der Waals surface area contributed by atoms with Crippen LogP contribution in [0.3, 0.4) is 0 Å². The van der Waals surface area contributed by atoms with Crippen molar-refractivity contribution in [1.29, 1.82) is 0 Å². The van der Waals surface area contributed by atoms with Crippen LogP contribution >= 0.6 is 11.6 Å². The lowest BCUT2D eigenvalue weighted by Gasteiger charge is -2.08. The van der Waals surface area contributed by atoms with Crippen LogP contribution < -0.4 is 5.32 Å². The van der Waals surface area contributed by atoms with Crippen LogP contribution in [0.15, 0.2) is 6.20 Å². The molecular formula is C13H17ClN6O3. The summed E-state index contributed by atoms with van der Waals surface area (Å²) in [5, 5.41) is 22.3. The molecule has 1 N–H and O–H groups in total. The van der Waals surface area contributed by atoms with Crippen molar-refractivity contribution < 1.29 is 9.72 Å². The molecule has 0 saturated carbocycles. The van der Waals surface area contributed by atoms with Crippen molar-refractivity contribution in [2.24, 2.45) is 0 Å². The predicted octanol–water partition coefficient (Wildman–Crippen LogP) is 1.59. The number of amides is 1. The fraction of sp³-hybridized carbons (Fsp3) is 0.462. The van der Waals surface area contributed by atoms with Gasteiger partial charge in [0.1, 0.15) is 17.9 Å². The van der Waals surface area contributed by atoms with Crippen molar-refractivity contribution >= 4 is 23.2 Å². The van der Waals surface area contributed by atoms with E-state index in [2.05, 4.69) is 15.5 Å². The molecule has 1 amide bonds. The summed E-state index contributed by atoms with van der Waals surface area (Å²) in [5.41, 5.74) is 1.28. The van der Waals surface area contributed by atoms with Crippen molar-refractivity contribution in [2.45, 2.75) is 40.4 Å². The number of halogens is 1. The average Bonchev–Trinajstić information content (AvgIpc) is 2.96. The minimum Gasteiger partial charge on any atom is -0.349 e. The van der Waals surface area contributed by atoms with Crippen LogP contribution in [0.1, 0.15) is 24.0 Å². The number of nitro groups is 1. The minimum absolute atomic E-state index is 0.0649. The maximum atomic E-state index is 12.0. The fourth-order valence-corrected chi connectivity index (χ4v) is 2.52. The van der Waals surface area contributed by atoms with Gasteiger partial charge in [0.15, 0.2) is 0 Å². The van der Waals surface area contributed by atoms with Crippen molar-refractivity contribution in [3.63, 3.8) is 0 Å². The van der Waals surface area contributed by atoms with E-state index in [0.717, 1.165) is 0 Å². The normalized spacial score (nSPS) is 10.8. The first kappa shape index (κ1) is 16.9. The second-order valence-electron chi connectivity index (χ2n) is 4.97. The van der Waals surface area contributed by atoms with Gasteiger partial charge in [0.05, 0.1) is 28.4 Å². The molecule has 2 rings (SSSR count). The summed E-state index contributed by atoms with van der Waals surface area (Å²) in [6.45, 7) is 5.80. The molecule has 0 aliphatic rings. The zero-order chi connectivity index (χ0) is 17.1. The van der Waals surface area contributed by atoms with Crippen LogP contribution in [0.25, 0.3) is 0 Å². The first-order valence-corrected chi connectivity index (χ1v) is 7.38. The Bertz CT molecular complexity index is 751. The van der Waals surface area contributed by atoms with E-state index in [4.69, 9.17) is 11.6 Å². The van der Waals surface area contributed by atoms with E-state index in [0.29, 0.717) is 23.0 Å². The minimum atomic E-state index is -0.494. The molecule has 2 heterocycles. The Kier molecular flexibility index (Phi) is 4.99. The van der Waals surface area contributed by atoms with Gasteiger partial charge in [-0.05, 0) is 20.8 Å². The highest BCUT2D eigenvalue weighted by atomic mass is 35.5. The van der Waals surface area contributed by atoms with Gasteiger partial charge in [0.25, 0.3) is 0 Å². The quantitative estimate of drug-likeness (QED) is 0.634. The van der Waals surface area contributed by atoms with E-state index >= 15 is 0 Å². The third-order valence-corrected chi connectivity index (χ3v) is 3.79. The molecular weight excluding hydrogens is 324 g/mol. The molecule has 0 aromatic carbocycles. The van der Waals surface area contributed by atoms with Gasteiger partial charge < -0.3 is 5.32 Å². The Hall–Kier alpha value is -2.42. The number of nitrogens with one attached hydrogen (secondary N) is 1. The summed E-state index contributed by atoms with van der Waals surface area (Å²) in [4.78, 5) is 22.5. The highest BCUT2D eigenvalue weighted by Crippen LogP contribution is 2.21. The zero-order valence-electron chi connectivity index (χ0n) is 13.0. The van der Waals surface area contributed by atoms with E-state index < -0.39 is 4.92 Å². The number of rotatable bonds is 6. The molecule has 0 fully saturated rings. The van der Waals surface area contributed by atoms with Crippen LogP contribution in [0, 0.1) is 24.0 Å². The smallest absolute Gasteiger partial charge is 0.312 e. The lowest BCUT2D eigenvalue weighted by Crippen LogP contribution is -2.29. The Morgan fingerprint density at radius 2 is 2.13 bits per heavy atom. The number of hydrogen-bond donors (Lipinski definition) is 1. The van der Waals surface area contributed by atoms with Gasteiger partial charge in [-0.15, -0.1) is 0 Å². The monoisotopic (exact) mass is 340 g/mol. The molecule has 0 unspecified atom stereocenters. The van der Waals surface area contributed by atoms with Crippen molar-refractivity contribution in [1.82, 2.24) is 24.9 Å². The molecule has 0 saturated heterocycles. The van der Waals surface area contributed by atoms with Gasteiger partial charge in [-0.25, -0.2) is 0 Å². The summed E-state index contributed by atoms with van der Waals surface area (Å²) in [6.07, 6.45) is 1.52. The largest absolute Gasteiger partial charge is 0.349 e. The summed E-state index contributed by atoms with van der Waals surface area (Å²) in [6, 6.07) is 0. The molecule has 10 heteroatoms. The highest BCUT2D eigenvalue weighted by molar-refractivity contribution is 6.31. The van der Waals surface area contributed by atoms with Gasteiger partial charge in [-0.3, -0.25) is 24.3 Å². The standard InChI is InChI=1S/C13H17ClN6O3/c1-4-18-11(10(14)5-16-18)6-15-12(21)7-19-9(3)13(20(22)23)8(2)17-19/h5H,4,6-7H2,1-3H3,(H,15,21). The third-order valence-electron chi connectivity index (χ3n) is 3.47. The van der Waals surface area contributed by atoms with Crippen LogP contribution in [0.4, 0.5) is 5.69 Å². The van der Waals surface area contributed by atoms with E-state index in [1.165, 1.54) is 10.9 Å². The number of nitrogens with zero attached hydrogens (tertiary/aromatic N) is 5. The summed E-state index contributed by atoms with van der Waals surface area (Å²) in [7, 11) is 0. The lowest BCUT2D eigenvalue weighted by molar-refractivity contribution is -0.386. The van der Waals surface area contributed by atoms with Crippen molar-refractivity contribution in [2.75, 3.05) is 0 Å². The first-order chi connectivity index (χ1) is 10.8. The number of hydrogen-bond acceptors (Lipinski definition) is 5. The van der Waals surface area contributed by atoms with E-state index in [9.17, 15) is 14.9 Å². The van der Waals surface area contributed by atoms with Gasteiger partial charge >= 0.3 is 5.69 Å². The van der Waals surface area contributed by atoms with Crippen molar-refractivity contribution in [3.05, 3.63) is 38.4 Å². The SMILES string of the molecule is CCn1ncc(Cl)c1CNC(=O)Cn1nc(C)c([N+](=O)[O-])c1C. The summed E-state index contributed by atoms with van der Waals surface area (Å²) < 4.78 is 3.01. The molecule has 2 aromatic rings. The predicted molar refractivity (Wildman–Crippen MR) is 83.1 cm³/mol. The van der Waals surface area contributed by atoms with Gasteiger partial charge in [-0.1, -0.05) is 11.6 Å². The summed E-state index contributed by atoms with van der Waals surface area (Å²) >= 11 is 6.02. The second kappa shape index (κ2) is 6.78. The number of carbonyl (C=O) groups excluding carboxylic acids is 1. The number of aryl methyl sites for hydroxylation is 2. The maximum absolute atomic E-state index is 12.0. The first-order valence-electron chi connectivity index (χ1n) is 7.00. The van der Waals surface area contributed by atoms with Gasteiger partial charge in [0, 0.05) is 6.54 Å². The number of carbonyl (C=O) groups is 1. The zero-order valence-corrected chi connectivity index (χ0v) is 13.8. The van der Waals surface area contributed by atoms with E-state index in [1.54, 1.807) is 18.5 Å². The average molecular weight is 341 g/mol. The van der Waals surface area contributed by atoms with Gasteiger partial charge in [-0.2, -0.15) is 10.2 Å². The molecule has 0 atom stereocenters. The number of aromatic nitrogens is 4. The maximum Gasteiger partial charge on any atom is 0.312 e. The fourth-order valence-electron chi connectivity index (χ4n) is 2.32. The Morgan fingerprint density at radius 1 is 1.43 bits per heavy atom. The third kappa shape index (κ3) is 3.50. The molecule has 23 heavy (non-hydrogen) atoms.